The number of carbonyl (C=O) groups excluding carboxylic acids is 1. The summed E-state index contributed by atoms with van der Waals surface area (Å²) in [5, 5.41) is 3.85. The Balaban J connectivity index is 1.79. The van der Waals surface area contributed by atoms with Crippen molar-refractivity contribution < 1.29 is 4.79 Å². The van der Waals surface area contributed by atoms with Crippen molar-refractivity contribution in [3.63, 3.8) is 0 Å². The molecule has 1 saturated heterocycles. The first-order chi connectivity index (χ1) is 12.1. The predicted molar refractivity (Wildman–Crippen MR) is 105 cm³/mol. The molecule has 1 N–H and O–H groups in total. The topological polar surface area (TPSA) is 35.6 Å². The molecule has 3 rings (SSSR count). The molecule has 6 heteroatoms. The number of anilines is 2. The van der Waals surface area contributed by atoms with E-state index in [-0.39, 0.29) is 5.91 Å². The van der Waals surface area contributed by atoms with Crippen molar-refractivity contribution in [2.75, 3.05) is 42.9 Å². The average molecular weight is 378 g/mol. The van der Waals surface area contributed by atoms with Crippen LogP contribution in [-0.4, -0.2) is 43.5 Å². The van der Waals surface area contributed by atoms with E-state index in [0.29, 0.717) is 15.6 Å². The van der Waals surface area contributed by atoms with Crippen LogP contribution < -0.4 is 10.2 Å². The molecular formula is C19H21Cl2N3O. The molecule has 0 saturated carbocycles. The Morgan fingerprint density at radius 3 is 2.52 bits per heavy atom. The zero-order valence-electron chi connectivity index (χ0n) is 14.1. The Morgan fingerprint density at radius 1 is 1.08 bits per heavy atom. The highest BCUT2D eigenvalue weighted by atomic mass is 35.5. The van der Waals surface area contributed by atoms with Gasteiger partial charge in [-0.3, -0.25) is 4.79 Å². The monoisotopic (exact) mass is 377 g/mol. The molecular weight excluding hydrogens is 357 g/mol. The van der Waals surface area contributed by atoms with Gasteiger partial charge in [0.15, 0.2) is 0 Å². The molecule has 1 amide bonds. The highest BCUT2D eigenvalue weighted by molar-refractivity contribution is 6.36. The lowest BCUT2D eigenvalue weighted by Gasteiger charge is -2.36. The Hall–Kier alpha value is -1.75. The average Bonchev–Trinajstić information content (AvgIpc) is 2.64. The highest BCUT2D eigenvalue weighted by Gasteiger charge is 2.19. The molecule has 1 aliphatic rings. The molecule has 2 aromatic carbocycles. The van der Waals surface area contributed by atoms with Crippen LogP contribution in [0.4, 0.5) is 11.4 Å². The number of amides is 1. The normalized spacial score (nSPS) is 15.2. The van der Waals surface area contributed by atoms with Crippen molar-refractivity contribution in [1.82, 2.24) is 4.90 Å². The van der Waals surface area contributed by atoms with Gasteiger partial charge in [-0.2, -0.15) is 0 Å². The number of benzene rings is 2. The first-order valence-electron chi connectivity index (χ1n) is 8.41. The molecule has 1 heterocycles. The summed E-state index contributed by atoms with van der Waals surface area (Å²) in [7, 11) is 0. The number of halogens is 2. The van der Waals surface area contributed by atoms with E-state index in [0.717, 1.165) is 44.1 Å². The van der Waals surface area contributed by atoms with Crippen LogP contribution in [0.2, 0.25) is 10.0 Å². The van der Waals surface area contributed by atoms with Crippen molar-refractivity contribution >= 4 is 40.5 Å². The maximum absolute atomic E-state index is 12.6. The molecule has 132 valence electrons. The fourth-order valence-electron chi connectivity index (χ4n) is 3.02. The molecule has 1 aliphatic heterocycles. The molecule has 25 heavy (non-hydrogen) atoms. The van der Waals surface area contributed by atoms with Gasteiger partial charge >= 0.3 is 0 Å². The van der Waals surface area contributed by atoms with Gasteiger partial charge in [0.25, 0.3) is 5.91 Å². The van der Waals surface area contributed by atoms with Gasteiger partial charge < -0.3 is 15.1 Å². The largest absolute Gasteiger partial charge is 0.367 e. The van der Waals surface area contributed by atoms with Crippen LogP contribution in [0, 0.1) is 0 Å². The first-order valence-corrected chi connectivity index (χ1v) is 9.17. The highest BCUT2D eigenvalue weighted by Crippen LogP contribution is 2.28. The molecule has 0 spiro atoms. The standard InChI is InChI=1S/C19H21Cl2N3O/c1-2-23-9-11-24(12-10-23)18-6-4-3-5-17(18)22-19(25)15-13-14(20)7-8-16(15)21/h3-8,13H,2,9-12H2,1H3,(H,22,25). The maximum atomic E-state index is 12.6. The zero-order chi connectivity index (χ0) is 17.8. The van der Waals surface area contributed by atoms with Crippen LogP contribution >= 0.6 is 23.2 Å². The molecule has 0 radical (unpaired) electrons. The number of para-hydroxylation sites is 2. The van der Waals surface area contributed by atoms with Crippen LogP contribution in [-0.2, 0) is 0 Å². The van der Waals surface area contributed by atoms with Gasteiger partial charge in [0.05, 0.1) is 22.0 Å². The number of carbonyl (C=O) groups is 1. The van der Waals surface area contributed by atoms with E-state index in [1.807, 2.05) is 24.3 Å². The van der Waals surface area contributed by atoms with Gasteiger partial charge in [0.1, 0.15) is 0 Å². The maximum Gasteiger partial charge on any atom is 0.257 e. The summed E-state index contributed by atoms with van der Waals surface area (Å²) in [5.41, 5.74) is 2.19. The van der Waals surface area contributed by atoms with Crippen molar-refractivity contribution in [3.8, 4) is 0 Å². The van der Waals surface area contributed by atoms with Crippen molar-refractivity contribution in [1.29, 1.82) is 0 Å². The Bertz CT molecular complexity index is 758. The number of hydrogen-bond acceptors (Lipinski definition) is 3. The Kier molecular flexibility index (Phi) is 5.84. The molecule has 0 aromatic heterocycles. The van der Waals surface area contributed by atoms with E-state index >= 15 is 0 Å². The van der Waals surface area contributed by atoms with E-state index in [1.54, 1.807) is 18.2 Å². The van der Waals surface area contributed by atoms with Crippen LogP contribution in [0.25, 0.3) is 0 Å². The first kappa shape index (κ1) is 18.1. The van der Waals surface area contributed by atoms with E-state index in [9.17, 15) is 4.79 Å². The zero-order valence-corrected chi connectivity index (χ0v) is 15.6. The second-order valence-corrected chi connectivity index (χ2v) is 6.86. The van der Waals surface area contributed by atoms with Crippen molar-refractivity contribution in [2.24, 2.45) is 0 Å². The molecule has 1 fully saturated rings. The second-order valence-electron chi connectivity index (χ2n) is 6.02. The lowest BCUT2D eigenvalue weighted by molar-refractivity contribution is 0.102. The number of rotatable bonds is 4. The number of nitrogens with one attached hydrogen (secondary N) is 1. The number of nitrogens with zero attached hydrogens (tertiary/aromatic N) is 2. The molecule has 2 aromatic rings. The summed E-state index contributed by atoms with van der Waals surface area (Å²) in [5.74, 6) is -0.257. The summed E-state index contributed by atoms with van der Waals surface area (Å²) in [4.78, 5) is 17.4. The Morgan fingerprint density at radius 2 is 1.80 bits per heavy atom. The quantitative estimate of drug-likeness (QED) is 0.857. The number of likely N-dealkylation sites (N-methyl/N-ethyl adjacent to an activating group) is 1. The summed E-state index contributed by atoms with van der Waals surface area (Å²) in [6.45, 7) is 7.19. The summed E-state index contributed by atoms with van der Waals surface area (Å²) < 4.78 is 0. The molecule has 0 aliphatic carbocycles. The summed E-state index contributed by atoms with van der Waals surface area (Å²) in [6.07, 6.45) is 0. The third-order valence-electron chi connectivity index (χ3n) is 4.49. The van der Waals surface area contributed by atoms with E-state index in [2.05, 4.69) is 22.0 Å². The van der Waals surface area contributed by atoms with Crippen LogP contribution in [0.5, 0.6) is 0 Å². The van der Waals surface area contributed by atoms with Crippen LogP contribution in [0.1, 0.15) is 17.3 Å². The predicted octanol–water partition coefficient (Wildman–Crippen LogP) is 4.39. The van der Waals surface area contributed by atoms with E-state index < -0.39 is 0 Å². The van der Waals surface area contributed by atoms with Gasteiger partial charge in [-0.25, -0.2) is 0 Å². The molecule has 0 atom stereocenters. The third kappa shape index (κ3) is 4.27. The fraction of sp³-hybridized carbons (Fsp3) is 0.316. The number of piperazine rings is 1. The lowest BCUT2D eigenvalue weighted by atomic mass is 10.1. The summed E-state index contributed by atoms with van der Waals surface area (Å²) >= 11 is 12.1. The fourth-order valence-corrected chi connectivity index (χ4v) is 3.40. The second kappa shape index (κ2) is 8.09. The van der Waals surface area contributed by atoms with Gasteiger partial charge in [-0.1, -0.05) is 42.3 Å². The van der Waals surface area contributed by atoms with Crippen LogP contribution in [0.15, 0.2) is 42.5 Å². The molecule has 0 bridgehead atoms. The van der Waals surface area contributed by atoms with Gasteiger partial charge in [-0.15, -0.1) is 0 Å². The van der Waals surface area contributed by atoms with Crippen LogP contribution in [0.3, 0.4) is 0 Å². The van der Waals surface area contributed by atoms with Gasteiger partial charge in [0, 0.05) is 31.2 Å². The smallest absolute Gasteiger partial charge is 0.257 e. The van der Waals surface area contributed by atoms with Gasteiger partial charge in [-0.05, 0) is 36.9 Å². The van der Waals surface area contributed by atoms with E-state index in [4.69, 9.17) is 23.2 Å². The van der Waals surface area contributed by atoms with Crippen molar-refractivity contribution in [2.45, 2.75) is 6.92 Å². The molecule has 0 unspecified atom stereocenters. The molecule has 4 nitrogen and oxygen atoms in total. The third-order valence-corrected chi connectivity index (χ3v) is 5.05. The van der Waals surface area contributed by atoms with Gasteiger partial charge in [0.2, 0.25) is 0 Å². The van der Waals surface area contributed by atoms with E-state index in [1.165, 1.54) is 0 Å². The minimum Gasteiger partial charge on any atom is -0.367 e. The van der Waals surface area contributed by atoms with Crippen molar-refractivity contribution in [3.05, 3.63) is 58.1 Å². The minimum atomic E-state index is -0.257. The SMILES string of the molecule is CCN1CCN(c2ccccc2NC(=O)c2cc(Cl)ccc2Cl)CC1. The minimum absolute atomic E-state index is 0.257. The number of hydrogen-bond donors (Lipinski definition) is 1. The Labute approximate surface area is 158 Å². The lowest BCUT2D eigenvalue weighted by Crippen LogP contribution is -2.46. The summed E-state index contributed by atoms with van der Waals surface area (Å²) in [6, 6.07) is 12.7.